The summed E-state index contributed by atoms with van der Waals surface area (Å²) >= 11 is 0. The Kier molecular flexibility index (Phi) is 3.88. The lowest BCUT2D eigenvalue weighted by Gasteiger charge is -2.23. The van der Waals surface area contributed by atoms with Crippen molar-refractivity contribution in [3.8, 4) is 5.69 Å². The number of hydrogen-bond acceptors (Lipinski definition) is 4. The molecule has 8 nitrogen and oxygen atoms in total. The van der Waals surface area contributed by atoms with Gasteiger partial charge in [-0.3, -0.25) is 0 Å². The van der Waals surface area contributed by atoms with Crippen LogP contribution in [0.3, 0.4) is 0 Å². The molecule has 2 aromatic heterocycles. The third-order valence-corrected chi connectivity index (χ3v) is 4.08. The first kappa shape index (κ1) is 15.3. The number of urea groups is 1. The summed E-state index contributed by atoms with van der Waals surface area (Å²) in [5, 5.41) is 13.8. The minimum Gasteiger partial charge on any atom is -0.333 e. The Morgan fingerprint density at radius 3 is 3.04 bits per heavy atom. The summed E-state index contributed by atoms with van der Waals surface area (Å²) in [5.41, 5.74) is 0.806. The number of amides is 2. The Morgan fingerprint density at radius 2 is 2.16 bits per heavy atom. The highest BCUT2D eigenvalue weighted by atomic mass is 19.1. The van der Waals surface area contributed by atoms with Crippen molar-refractivity contribution in [2.24, 2.45) is 0 Å². The molecule has 0 saturated heterocycles. The van der Waals surface area contributed by atoms with Crippen LogP contribution >= 0.6 is 0 Å². The van der Waals surface area contributed by atoms with E-state index in [9.17, 15) is 9.18 Å². The summed E-state index contributed by atoms with van der Waals surface area (Å²) in [5.74, 6) is 0.553. The predicted octanol–water partition coefficient (Wildman–Crippen LogP) is 1.74. The van der Waals surface area contributed by atoms with E-state index in [0.29, 0.717) is 17.9 Å². The van der Waals surface area contributed by atoms with Gasteiger partial charge in [0, 0.05) is 6.42 Å². The molecular weight excluding hydrogens is 325 g/mol. The van der Waals surface area contributed by atoms with Crippen LogP contribution in [0, 0.1) is 5.82 Å². The van der Waals surface area contributed by atoms with E-state index in [2.05, 4.69) is 25.8 Å². The van der Waals surface area contributed by atoms with Gasteiger partial charge in [0.15, 0.2) is 0 Å². The van der Waals surface area contributed by atoms with Gasteiger partial charge >= 0.3 is 6.03 Å². The van der Waals surface area contributed by atoms with Crippen molar-refractivity contribution < 1.29 is 9.18 Å². The molecule has 3 aromatic rings. The second kappa shape index (κ2) is 6.34. The first-order valence-electron chi connectivity index (χ1n) is 7.93. The molecule has 1 aliphatic heterocycles. The maximum Gasteiger partial charge on any atom is 0.319 e. The van der Waals surface area contributed by atoms with Crippen LogP contribution in [0.5, 0.6) is 0 Å². The first-order valence-corrected chi connectivity index (χ1v) is 7.93. The predicted molar refractivity (Wildman–Crippen MR) is 87.8 cm³/mol. The molecule has 1 aliphatic rings. The smallest absolute Gasteiger partial charge is 0.319 e. The van der Waals surface area contributed by atoms with Gasteiger partial charge in [-0.15, -0.1) is 0 Å². The van der Waals surface area contributed by atoms with E-state index in [-0.39, 0.29) is 17.9 Å². The molecule has 1 aromatic carbocycles. The highest BCUT2D eigenvalue weighted by Gasteiger charge is 2.21. The number of para-hydroxylation sites is 1. The molecule has 0 radical (unpaired) electrons. The van der Waals surface area contributed by atoms with Gasteiger partial charge in [-0.2, -0.15) is 10.2 Å². The summed E-state index contributed by atoms with van der Waals surface area (Å²) in [4.78, 5) is 16.3. The Hall–Kier alpha value is -3.23. The molecule has 4 rings (SSSR count). The van der Waals surface area contributed by atoms with Crippen molar-refractivity contribution in [1.29, 1.82) is 0 Å². The van der Waals surface area contributed by atoms with Gasteiger partial charge in [-0.05, 0) is 18.6 Å². The highest BCUT2D eigenvalue weighted by molar-refractivity contribution is 5.89. The van der Waals surface area contributed by atoms with Crippen LogP contribution in [0.15, 0.2) is 43.0 Å². The summed E-state index contributed by atoms with van der Waals surface area (Å²) in [6.07, 6.45) is 6.14. The van der Waals surface area contributed by atoms with Gasteiger partial charge in [0.25, 0.3) is 0 Å². The quantitative estimate of drug-likeness (QED) is 0.759. The SMILES string of the molecule is O=C(Nc1cnn(-c2ccccc2F)c1)NC1CCc2ncnn2C1. The molecular formula is C16H16FN7O. The second-order valence-electron chi connectivity index (χ2n) is 5.82. The van der Waals surface area contributed by atoms with Crippen LogP contribution < -0.4 is 10.6 Å². The number of nitrogens with one attached hydrogen (secondary N) is 2. The average Bonchev–Trinajstić information content (AvgIpc) is 3.24. The molecule has 0 saturated carbocycles. The second-order valence-corrected chi connectivity index (χ2v) is 5.82. The minimum atomic E-state index is -0.382. The normalized spacial score (nSPS) is 16.3. The maximum absolute atomic E-state index is 13.8. The van der Waals surface area contributed by atoms with Crippen molar-refractivity contribution in [1.82, 2.24) is 29.9 Å². The number of aromatic nitrogens is 5. The lowest BCUT2D eigenvalue weighted by molar-refractivity contribution is 0.243. The van der Waals surface area contributed by atoms with E-state index in [1.807, 2.05) is 0 Å². The fraction of sp³-hybridized carbons (Fsp3) is 0.250. The zero-order chi connectivity index (χ0) is 17.2. The molecule has 2 N–H and O–H groups in total. The van der Waals surface area contributed by atoms with Gasteiger partial charge in [0.1, 0.15) is 23.7 Å². The molecule has 128 valence electrons. The molecule has 0 fully saturated rings. The van der Waals surface area contributed by atoms with Gasteiger partial charge < -0.3 is 10.6 Å². The average molecular weight is 341 g/mol. The third-order valence-electron chi connectivity index (χ3n) is 4.08. The summed E-state index contributed by atoms with van der Waals surface area (Å²) < 4.78 is 17.0. The maximum atomic E-state index is 13.8. The molecule has 2 amide bonds. The van der Waals surface area contributed by atoms with Crippen molar-refractivity contribution >= 4 is 11.7 Å². The number of aryl methyl sites for hydroxylation is 1. The van der Waals surface area contributed by atoms with E-state index in [4.69, 9.17) is 0 Å². The Bertz CT molecular complexity index is 903. The van der Waals surface area contributed by atoms with Crippen LogP contribution in [0.4, 0.5) is 14.9 Å². The number of anilines is 1. The number of rotatable bonds is 3. The molecule has 0 bridgehead atoms. The van der Waals surface area contributed by atoms with Gasteiger partial charge in [0.2, 0.25) is 0 Å². The number of benzene rings is 1. The summed E-state index contributed by atoms with van der Waals surface area (Å²) in [6.45, 7) is 0.594. The molecule has 25 heavy (non-hydrogen) atoms. The van der Waals surface area contributed by atoms with Gasteiger partial charge in [-0.25, -0.2) is 23.5 Å². The van der Waals surface area contributed by atoms with Crippen LogP contribution in [0.1, 0.15) is 12.2 Å². The molecule has 1 atom stereocenters. The summed E-state index contributed by atoms with van der Waals surface area (Å²) in [7, 11) is 0. The molecule has 3 heterocycles. The molecule has 9 heteroatoms. The van der Waals surface area contributed by atoms with Gasteiger partial charge in [-0.1, -0.05) is 12.1 Å². The van der Waals surface area contributed by atoms with E-state index < -0.39 is 0 Å². The Labute approximate surface area is 142 Å². The van der Waals surface area contributed by atoms with Crippen LogP contribution in [0.25, 0.3) is 5.69 Å². The van der Waals surface area contributed by atoms with Crippen LogP contribution in [-0.4, -0.2) is 36.6 Å². The lowest BCUT2D eigenvalue weighted by atomic mass is 10.1. The van der Waals surface area contributed by atoms with E-state index in [1.54, 1.807) is 29.1 Å². The number of halogens is 1. The minimum absolute atomic E-state index is 0.0178. The van der Waals surface area contributed by atoms with Crippen molar-refractivity contribution in [2.45, 2.75) is 25.4 Å². The van der Waals surface area contributed by atoms with E-state index >= 15 is 0 Å². The number of carbonyl (C=O) groups excluding carboxylic acids is 1. The molecule has 1 unspecified atom stereocenters. The largest absolute Gasteiger partial charge is 0.333 e. The van der Waals surface area contributed by atoms with E-state index in [0.717, 1.165) is 18.7 Å². The number of nitrogens with zero attached hydrogens (tertiary/aromatic N) is 5. The summed E-state index contributed by atoms with van der Waals surface area (Å²) in [6, 6.07) is 5.96. The number of carbonyl (C=O) groups is 1. The number of hydrogen-bond donors (Lipinski definition) is 2. The Balaban J connectivity index is 1.38. The van der Waals surface area contributed by atoms with Crippen LogP contribution in [0.2, 0.25) is 0 Å². The van der Waals surface area contributed by atoms with Crippen molar-refractivity contribution in [3.05, 3.63) is 54.6 Å². The zero-order valence-corrected chi connectivity index (χ0v) is 13.3. The van der Waals surface area contributed by atoms with Crippen molar-refractivity contribution in [3.63, 3.8) is 0 Å². The third kappa shape index (κ3) is 3.21. The first-order chi connectivity index (χ1) is 12.2. The molecule has 0 aliphatic carbocycles. The fourth-order valence-electron chi connectivity index (χ4n) is 2.86. The lowest BCUT2D eigenvalue weighted by Crippen LogP contribution is -2.43. The fourth-order valence-corrected chi connectivity index (χ4v) is 2.86. The highest BCUT2D eigenvalue weighted by Crippen LogP contribution is 2.15. The van der Waals surface area contributed by atoms with Crippen molar-refractivity contribution in [2.75, 3.05) is 5.32 Å². The molecule has 0 spiro atoms. The monoisotopic (exact) mass is 341 g/mol. The standard InChI is InChI=1S/C16H16FN7O/c17-13-3-1-2-4-14(13)23-9-12(7-19-23)22-16(25)21-11-5-6-15-18-10-20-24(15)8-11/h1-4,7,9-11H,5-6,8H2,(H2,21,22,25). The Morgan fingerprint density at radius 1 is 1.28 bits per heavy atom. The zero-order valence-electron chi connectivity index (χ0n) is 13.3. The topological polar surface area (TPSA) is 89.7 Å². The number of fused-ring (bicyclic) bond motifs is 1. The van der Waals surface area contributed by atoms with E-state index in [1.165, 1.54) is 23.3 Å². The van der Waals surface area contributed by atoms with Crippen LogP contribution in [-0.2, 0) is 13.0 Å². The van der Waals surface area contributed by atoms with Gasteiger partial charge in [0.05, 0.1) is 30.7 Å².